The molecule has 0 atom stereocenters. The Morgan fingerprint density at radius 2 is 1.75 bits per heavy atom. The van der Waals surface area contributed by atoms with Crippen LogP contribution < -0.4 is 0 Å². The van der Waals surface area contributed by atoms with Crippen LogP contribution in [0.25, 0.3) is 0 Å². The fraction of sp³-hybridized carbons (Fsp3) is 1.00. The number of hydrogen-bond acceptors (Lipinski definition) is 3. The predicted octanol–water partition coefficient (Wildman–Crippen LogP) is 0.0589. The normalized spacial score (nSPS) is 13.3. The zero-order chi connectivity index (χ0) is 9.83. The summed E-state index contributed by atoms with van der Waals surface area (Å²) >= 11 is 0. The maximum atomic E-state index is 10.9. The molecule has 0 heterocycles. The van der Waals surface area contributed by atoms with Crippen molar-refractivity contribution in [1.29, 1.82) is 0 Å². The van der Waals surface area contributed by atoms with Gasteiger partial charge in [0.15, 0.2) is 0 Å². The van der Waals surface area contributed by atoms with Crippen LogP contribution in [0.15, 0.2) is 0 Å². The Labute approximate surface area is 74.8 Å². The highest BCUT2D eigenvalue weighted by Gasteiger charge is 2.12. The summed E-state index contributed by atoms with van der Waals surface area (Å²) in [4.78, 5) is 0. The molecule has 0 aromatic rings. The van der Waals surface area contributed by atoms with Gasteiger partial charge in [-0.25, -0.2) is 0 Å². The lowest BCUT2D eigenvalue weighted by Crippen LogP contribution is -2.36. The summed E-state index contributed by atoms with van der Waals surface area (Å²) in [7, 11) is 4.03. The second-order valence-corrected chi connectivity index (χ2v) is 5.65. The van der Waals surface area contributed by atoms with E-state index in [1.54, 1.807) is 0 Å². The van der Waals surface area contributed by atoms with Crippen molar-refractivity contribution < 1.29 is 17.1 Å². The summed E-state index contributed by atoms with van der Waals surface area (Å²) in [6.07, 6.45) is 0.639. The zero-order valence-electron chi connectivity index (χ0n) is 8.20. The van der Waals surface area contributed by atoms with Crippen molar-refractivity contribution in [3.05, 3.63) is 0 Å². The van der Waals surface area contributed by atoms with Gasteiger partial charge in [0.1, 0.15) is 0 Å². The van der Waals surface area contributed by atoms with Crippen LogP contribution in [0.5, 0.6) is 0 Å². The standard InChI is InChI=1S/C7H18NO3S/c1-8(2,3)6-5-7-12(9,10)11-4/h5-7H2,1-4H3/q+1. The fourth-order valence-corrected chi connectivity index (χ4v) is 1.45. The molecule has 74 valence electrons. The van der Waals surface area contributed by atoms with Crippen LogP contribution in [0, 0.1) is 0 Å². The second kappa shape index (κ2) is 4.20. The summed E-state index contributed by atoms with van der Waals surface area (Å²) < 4.78 is 26.8. The van der Waals surface area contributed by atoms with Crippen molar-refractivity contribution in [2.45, 2.75) is 6.42 Å². The van der Waals surface area contributed by atoms with E-state index in [4.69, 9.17) is 0 Å². The van der Waals surface area contributed by atoms with E-state index in [-0.39, 0.29) is 5.75 Å². The van der Waals surface area contributed by atoms with Gasteiger partial charge < -0.3 is 4.48 Å². The largest absolute Gasteiger partial charge is 0.331 e. The molecule has 0 rings (SSSR count). The maximum absolute atomic E-state index is 10.9. The van der Waals surface area contributed by atoms with E-state index < -0.39 is 10.1 Å². The maximum Gasteiger partial charge on any atom is 0.267 e. The number of quaternary nitrogens is 1. The zero-order valence-corrected chi connectivity index (χ0v) is 9.02. The first-order chi connectivity index (χ1) is 5.27. The number of hydrogen-bond donors (Lipinski definition) is 0. The molecular formula is C7H18NO3S+. The second-order valence-electron chi connectivity index (χ2n) is 3.80. The topological polar surface area (TPSA) is 43.4 Å². The summed E-state index contributed by atoms with van der Waals surface area (Å²) in [5, 5.41) is 0. The van der Waals surface area contributed by atoms with Gasteiger partial charge in [-0.15, -0.1) is 0 Å². The molecule has 0 spiro atoms. The molecule has 0 unspecified atom stereocenters. The van der Waals surface area contributed by atoms with Crippen molar-refractivity contribution in [2.24, 2.45) is 0 Å². The van der Waals surface area contributed by atoms with Crippen LogP contribution >= 0.6 is 0 Å². The van der Waals surface area contributed by atoms with Crippen LogP contribution in [-0.2, 0) is 14.3 Å². The Hall–Kier alpha value is -0.130. The van der Waals surface area contributed by atoms with E-state index in [0.29, 0.717) is 6.42 Å². The van der Waals surface area contributed by atoms with Crippen molar-refractivity contribution in [3.8, 4) is 0 Å². The SMILES string of the molecule is COS(=O)(=O)CCC[N+](C)(C)C. The van der Waals surface area contributed by atoms with Gasteiger partial charge in [-0.05, 0) is 0 Å². The van der Waals surface area contributed by atoms with Crippen molar-refractivity contribution in [2.75, 3.05) is 40.6 Å². The molecule has 0 saturated carbocycles. The minimum atomic E-state index is -3.25. The number of nitrogens with zero attached hydrogens (tertiary/aromatic N) is 1. The van der Waals surface area contributed by atoms with E-state index in [1.165, 1.54) is 7.11 Å². The lowest BCUT2D eigenvalue weighted by molar-refractivity contribution is -0.870. The third-order valence-corrected chi connectivity index (χ3v) is 2.77. The summed E-state index contributed by atoms with van der Waals surface area (Å²) in [6.45, 7) is 0.836. The Bertz CT molecular complexity index is 215. The summed E-state index contributed by atoms with van der Waals surface area (Å²) in [5.74, 6) is 0.110. The van der Waals surface area contributed by atoms with Crippen LogP contribution in [0.1, 0.15) is 6.42 Å². The van der Waals surface area contributed by atoms with Crippen LogP contribution in [0.4, 0.5) is 0 Å². The average molecular weight is 196 g/mol. The van der Waals surface area contributed by atoms with E-state index in [2.05, 4.69) is 4.18 Å². The van der Waals surface area contributed by atoms with E-state index in [1.807, 2.05) is 21.1 Å². The lowest BCUT2D eigenvalue weighted by Gasteiger charge is -2.23. The van der Waals surface area contributed by atoms with Crippen molar-refractivity contribution in [3.63, 3.8) is 0 Å². The first kappa shape index (κ1) is 11.9. The Morgan fingerprint density at radius 1 is 1.25 bits per heavy atom. The van der Waals surface area contributed by atoms with Gasteiger partial charge in [-0.2, -0.15) is 8.42 Å². The lowest BCUT2D eigenvalue weighted by atomic mass is 10.4. The summed E-state index contributed by atoms with van der Waals surface area (Å²) in [5.41, 5.74) is 0. The van der Waals surface area contributed by atoms with E-state index in [9.17, 15) is 8.42 Å². The first-order valence-corrected chi connectivity index (χ1v) is 5.43. The van der Waals surface area contributed by atoms with Gasteiger partial charge in [-0.1, -0.05) is 0 Å². The Balaban J connectivity index is 3.73. The van der Waals surface area contributed by atoms with E-state index >= 15 is 0 Å². The molecule has 0 fully saturated rings. The van der Waals surface area contributed by atoms with Gasteiger partial charge in [0.05, 0.1) is 40.6 Å². The molecule has 0 aliphatic rings. The van der Waals surface area contributed by atoms with Gasteiger partial charge in [0.2, 0.25) is 0 Å². The molecule has 0 N–H and O–H groups in total. The quantitative estimate of drug-likeness (QED) is 0.461. The van der Waals surface area contributed by atoms with E-state index in [0.717, 1.165) is 11.0 Å². The van der Waals surface area contributed by atoms with Gasteiger partial charge >= 0.3 is 0 Å². The highest BCUT2D eigenvalue weighted by Crippen LogP contribution is 1.98. The van der Waals surface area contributed by atoms with Crippen molar-refractivity contribution >= 4 is 10.1 Å². The van der Waals surface area contributed by atoms with Gasteiger partial charge in [0.25, 0.3) is 10.1 Å². The number of rotatable bonds is 5. The van der Waals surface area contributed by atoms with Crippen molar-refractivity contribution in [1.82, 2.24) is 0 Å². The van der Waals surface area contributed by atoms with Gasteiger partial charge in [-0.3, -0.25) is 4.18 Å². The summed E-state index contributed by atoms with van der Waals surface area (Å²) in [6, 6.07) is 0. The molecule has 4 nitrogen and oxygen atoms in total. The average Bonchev–Trinajstić information content (AvgIpc) is 1.84. The minimum Gasteiger partial charge on any atom is -0.331 e. The smallest absolute Gasteiger partial charge is 0.267 e. The monoisotopic (exact) mass is 196 g/mol. The van der Waals surface area contributed by atoms with Gasteiger partial charge in [0, 0.05) is 6.42 Å². The highest BCUT2D eigenvalue weighted by molar-refractivity contribution is 7.86. The predicted molar refractivity (Wildman–Crippen MR) is 48.3 cm³/mol. The molecule has 0 saturated heterocycles. The molecule has 0 aliphatic heterocycles. The van der Waals surface area contributed by atoms with Crippen LogP contribution in [0.2, 0.25) is 0 Å². The van der Waals surface area contributed by atoms with Crippen LogP contribution in [0.3, 0.4) is 0 Å². The minimum absolute atomic E-state index is 0.110. The molecule has 0 bridgehead atoms. The third kappa shape index (κ3) is 6.57. The molecule has 0 aliphatic carbocycles. The molecule has 0 amide bonds. The Kier molecular flexibility index (Phi) is 4.16. The molecule has 0 aromatic heterocycles. The molecular weight excluding hydrogens is 178 g/mol. The molecule has 0 radical (unpaired) electrons. The molecule has 0 aromatic carbocycles. The molecule has 5 heteroatoms. The Morgan fingerprint density at radius 3 is 2.08 bits per heavy atom. The third-order valence-electron chi connectivity index (χ3n) is 1.48. The first-order valence-electron chi connectivity index (χ1n) is 3.85. The highest BCUT2D eigenvalue weighted by atomic mass is 32.2. The molecule has 12 heavy (non-hydrogen) atoms. The van der Waals surface area contributed by atoms with Crippen LogP contribution in [-0.4, -0.2) is 53.5 Å². The fourth-order valence-electron chi connectivity index (χ4n) is 0.799.